The van der Waals surface area contributed by atoms with E-state index in [1.807, 2.05) is 25.1 Å². The van der Waals surface area contributed by atoms with Gasteiger partial charge in [0.1, 0.15) is 0 Å². The molecule has 8 nitrogen and oxygen atoms in total. The van der Waals surface area contributed by atoms with Crippen LogP contribution in [0.25, 0.3) is 0 Å². The number of nitrogens with two attached hydrogens (primary N) is 2. The highest BCUT2D eigenvalue weighted by Gasteiger charge is 2.36. The highest BCUT2D eigenvalue weighted by Crippen LogP contribution is 2.42. The lowest BCUT2D eigenvalue weighted by Crippen LogP contribution is -2.41. The van der Waals surface area contributed by atoms with Gasteiger partial charge in [0.15, 0.2) is 17.5 Å². The van der Waals surface area contributed by atoms with Crippen LogP contribution in [0.4, 0.5) is 0 Å². The Morgan fingerprint density at radius 2 is 1.97 bits per heavy atom. The van der Waals surface area contributed by atoms with Crippen molar-refractivity contribution in [2.75, 3.05) is 33.9 Å². The van der Waals surface area contributed by atoms with Crippen molar-refractivity contribution < 1.29 is 14.3 Å². The van der Waals surface area contributed by atoms with Gasteiger partial charge in [-0.15, -0.1) is 0 Å². The van der Waals surface area contributed by atoms with E-state index >= 15 is 0 Å². The first-order chi connectivity index (χ1) is 15.4. The Kier molecular flexibility index (Phi) is 6.14. The van der Waals surface area contributed by atoms with Gasteiger partial charge >= 0.3 is 0 Å². The van der Waals surface area contributed by atoms with Crippen LogP contribution in [0.2, 0.25) is 0 Å². The fraction of sp³-hybridized carbons (Fsp3) is 0.375. The molecule has 168 valence electrons. The maximum atomic E-state index is 12.1. The van der Waals surface area contributed by atoms with Gasteiger partial charge in [0.25, 0.3) is 5.91 Å². The summed E-state index contributed by atoms with van der Waals surface area (Å²) in [6.07, 6.45) is 0.987. The zero-order chi connectivity index (χ0) is 22.8. The van der Waals surface area contributed by atoms with Crippen molar-refractivity contribution in [3.05, 3.63) is 58.7 Å². The zero-order valence-electron chi connectivity index (χ0n) is 18.7. The third-order valence-corrected chi connectivity index (χ3v) is 6.00. The molecule has 0 saturated carbocycles. The molecule has 4 rings (SSSR count). The molecule has 2 aromatic carbocycles. The molecule has 0 unspecified atom stereocenters. The van der Waals surface area contributed by atoms with Gasteiger partial charge in [0.05, 0.1) is 25.5 Å². The molecule has 8 heteroatoms. The lowest BCUT2D eigenvalue weighted by Gasteiger charge is -2.39. The summed E-state index contributed by atoms with van der Waals surface area (Å²) in [5.41, 5.74) is 15.1. The number of aliphatic imine (C=N–C) groups is 2. The maximum absolute atomic E-state index is 12.1. The summed E-state index contributed by atoms with van der Waals surface area (Å²) in [5, 5.41) is 0. The highest BCUT2D eigenvalue weighted by molar-refractivity contribution is 6.15. The number of guanidine groups is 1. The Hall–Kier alpha value is -3.39. The number of hydrogen-bond donors (Lipinski definition) is 2. The number of benzene rings is 2. The molecule has 2 aliphatic rings. The number of rotatable bonds is 5. The third kappa shape index (κ3) is 4.18. The van der Waals surface area contributed by atoms with Crippen LogP contribution in [0, 0.1) is 0 Å². The molecule has 0 spiro atoms. The molecule has 0 radical (unpaired) electrons. The highest BCUT2D eigenvalue weighted by atomic mass is 16.5. The van der Waals surface area contributed by atoms with Gasteiger partial charge in [-0.1, -0.05) is 12.1 Å². The minimum absolute atomic E-state index is 0.194. The standard InChI is InChI=1S/C24H29N5O3/c1-4-32-21-11-16-17(12-20(21)31-3)22(27-19-9-10-29(2)13-18(16)19)14-5-7-15(8-6-14)23(30)28-24(25)26/h5-8,11-12,18-19H,4,9-10,13H2,1-3H3,(H4,25,26,28,30)/t18-,19-/m0/s1. The Labute approximate surface area is 187 Å². The second-order valence-corrected chi connectivity index (χ2v) is 8.14. The number of fused-ring (bicyclic) bond motifs is 3. The molecule has 2 aliphatic heterocycles. The predicted molar refractivity (Wildman–Crippen MR) is 125 cm³/mol. The number of likely N-dealkylation sites (tertiary alicyclic amines) is 1. The molecule has 2 atom stereocenters. The van der Waals surface area contributed by atoms with Crippen molar-refractivity contribution in [3.63, 3.8) is 0 Å². The van der Waals surface area contributed by atoms with Gasteiger partial charge in [0, 0.05) is 29.2 Å². The lowest BCUT2D eigenvalue weighted by atomic mass is 9.79. The topological polar surface area (TPSA) is 116 Å². The number of hydrogen-bond acceptors (Lipinski definition) is 5. The Balaban J connectivity index is 1.79. The summed E-state index contributed by atoms with van der Waals surface area (Å²) in [6, 6.07) is 11.5. The first-order valence-corrected chi connectivity index (χ1v) is 10.8. The van der Waals surface area contributed by atoms with Crippen LogP contribution >= 0.6 is 0 Å². The number of ether oxygens (including phenoxy) is 2. The maximum Gasteiger partial charge on any atom is 0.280 e. The van der Waals surface area contributed by atoms with Crippen LogP contribution in [-0.4, -0.2) is 62.4 Å². The Morgan fingerprint density at radius 1 is 1.22 bits per heavy atom. The number of methoxy groups -OCH3 is 1. The van der Waals surface area contributed by atoms with Gasteiger partial charge in [-0.3, -0.25) is 9.79 Å². The third-order valence-electron chi connectivity index (χ3n) is 6.00. The second-order valence-electron chi connectivity index (χ2n) is 8.14. The van der Waals surface area contributed by atoms with Gasteiger partial charge < -0.3 is 25.8 Å². The molecule has 1 saturated heterocycles. The fourth-order valence-electron chi connectivity index (χ4n) is 4.50. The van der Waals surface area contributed by atoms with Crippen LogP contribution in [0.5, 0.6) is 11.5 Å². The molecule has 1 amide bonds. The Bertz CT molecular complexity index is 1070. The van der Waals surface area contributed by atoms with Crippen LogP contribution < -0.4 is 20.9 Å². The van der Waals surface area contributed by atoms with E-state index in [0.29, 0.717) is 23.8 Å². The number of amides is 1. The number of carbonyl (C=O) groups is 1. The normalized spacial score (nSPS) is 19.9. The van der Waals surface area contributed by atoms with Crippen LogP contribution in [0.3, 0.4) is 0 Å². The molecule has 4 N–H and O–H groups in total. The molecule has 0 aromatic heterocycles. The molecule has 2 aromatic rings. The number of nitrogens with zero attached hydrogens (tertiary/aromatic N) is 3. The zero-order valence-corrected chi connectivity index (χ0v) is 18.7. The second kappa shape index (κ2) is 9.00. The minimum atomic E-state index is -0.471. The lowest BCUT2D eigenvalue weighted by molar-refractivity contribution is 0.100. The molecule has 32 heavy (non-hydrogen) atoms. The summed E-state index contributed by atoms with van der Waals surface area (Å²) in [4.78, 5) is 23.2. The molecular weight excluding hydrogens is 406 g/mol. The van der Waals surface area contributed by atoms with Crippen LogP contribution in [-0.2, 0) is 0 Å². The first-order valence-electron chi connectivity index (χ1n) is 10.8. The van der Waals surface area contributed by atoms with E-state index in [2.05, 4.69) is 23.0 Å². The van der Waals surface area contributed by atoms with E-state index in [-0.39, 0.29) is 12.0 Å². The van der Waals surface area contributed by atoms with Crippen molar-refractivity contribution in [3.8, 4) is 11.5 Å². The van der Waals surface area contributed by atoms with Gasteiger partial charge in [-0.05, 0) is 56.8 Å². The smallest absolute Gasteiger partial charge is 0.280 e. The number of piperidine rings is 1. The summed E-state index contributed by atoms with van der Waals surface area (Å²) >= 11 is 0. The van der Waals surface area contributed by atoms with Gasteiger partial charge in [-0.25, -0.2) is 0 Å². The van der Waals surface area contributed by atoms with Gasteiger partial charge in [-0.2, -0.15) is 4.99 Å². The first kappa shape index (κ1) is 21.8. The Morgan fingerprint density at radius 3 is 2.62 bits per heavy atom. The largest absolute Gasteiger partial charge is 0.493 e. The molecule has 0 bridgehead atoms. The predicted octanol–water partition coefficient (Wildman–Crippen LogP) is 2.15. The van der Waals surface area contributed by atoms with E-state index < -0.39 is 5.91 Å². The monoisotopic (exact) mass is 435 g/mol. The summed E-state index contributed by atoms with van der Waals surface area (Å²) in [7, 11) is 3.79. The summed E-state index contributed by atoms with van der Waals surface area (Å²) in [5.74, 6) is 0.997. The molecule has 0 aliphatic carbocycles. The van der Waals surface area contributed by atoms with Crippen molar-refractivity contribution >= 4 is 17.6 Å². The quantitative estimate of drug-likeness (QED) is 0.549. The van der Waals surface area contributed by atoms with E-state index in [9.17, 15) is 4.79 Å². The SMILES string of the molecule is CCOc1cc2c(cc1OC)C(c1ccc(C(=O)N=C(N)N)cc1)=N[C@H]1CCN(C)C[C@@H]21. The van der Waals surface area contributed by atoms with Crippen LogP contribution in [0.15, 0.2) is 46.4 Å². The van der Waals surface area contributed by atoms with E-state index in [1.54, 1.807) is 19.2 Å². The molecule has 2 heterocycles. The van der Waals surface area contributed by atoms with E-state index in [4.69, 9.17) is 25.9 Å². The fourth-order valence-corrected chi connectivity index (χ4v) is 4.50. The molecule has 1 fully saturated rings. The van der Waals surface area contributed by atoms with E-state index in [1.165, 1.54) is 5.56 Å². The van der Waals surface area contributed by atoms with Crippen molar-refractivity contribution in [1.29, 1.82) is 0 Å². The average molecular weight is 436 g/mol. The van der Waals surface area contributed by atoms with E-state index in [0.717, 1.165) is 42.1 Å². The van der Waals surface area contributed by atoms with Crippen molar-refractivity contribution in [2.45, 2.75) is 25.3 Å². The summed E-state index contributed by atoms with van der Waals surface area (Å²) in [6.45, 7) is 4.48. The van der Waals surface area contributed by atoms with Crippen molar-refractivity contribution in [2.24, 2.45) is 21.5 Å². The molecular formula is C24H29N5O3. The minimum Gasteiger partial charge on any atom is -0.493 e. The summed E-state index contributed by atoms with van der Waals surface area (Å²) < 4.78 is 11.5. The van der Waals surface area contributed by atoms with Crippen molar-refractivity contribution in [1.82, 2.24) is 4.90 Å². The van der Waals surface area contributed by atoms with Gasteiger partial charge in [0.2, 0.25) is 0 Å². The number of carbonyl (C=O) groups excluding carboxylic acids is 1. The van der Waals surface area contributed by atoms with Crippen LogP contribution in [0.1, 0.15) is 46.3 Å². The average Bonchev–Trinajstić information content (AvgIpc) is 2.78. The number of likely N-dealkylation sites (N-methyl/N-ethyl adjacent to an activating group) is 1.